The Balaban J connectivity index is 2.07. The molecule has 1 aromatic carbocycles. The number of hydrogen-bond acceptors (Lipinski definition) is 5. The first-order valence-electron chi connectivity index (χ1n) is 10.2. The molecule has 5 nitrogen and oxygen atoms in total. The van der Waals surface area contributed by atoms with E-state index in [2.05, 4.69) is 44.9 Å². The fourth-order valence-corrected chi connectivity index (χ4v) is 4.67. The van der Waals surface area contributed by atoms with Crippen LogP contribution in [0, 0.1) is 11.7 Å². The third kappa shape index (κ3) is 4.31. The molecule has 0 aliphatic carbocycles. The average molecular weight is 453 g/mol. The lowest BCUT2D eigenvalue weighted by molar-refractivity contribution is -0.111. The second-order valence-corrected chi connectivity index (χ2v) is 8.63. The number of amidine groups is 1. The minimum Gasteiger partial charge on any atom is -0.345 e. The van der Waals surface area contributed by atoms with Crippen LogP contribution in [0.2, 0.25) is 0 Å². The number of benzene rings is 1. The first-order chi connectivity index (χ1) is 13.5. The fourth-order valence-electron chi connectivity index (χ4n) is 4.31. The van der Waals surface area contributed by atoms with E-state index in [1.807, 2.05) is 6.92 Å². The van der Waals surface area contributed by atoms with E-state index >= 15 is 0 Å². The maximum Gasteiger partial charge on any atom is 0.147 e. The van der Waals surface area contributed by atoms with Gasteiger partial charge in [-0.2, -0.15) is 0 Å². The number of nitrogens with zero attached hydrogens (tertiary/aromatic N) is 3. The number of aliphatic imine (C=N–C) groups is 1. The standard InChI is InChI=1S/C21H30BrFN4O/c1-4-6-19(26-8-7-24-11-14(3)12-26)21-25-18-10-17(23)16(22)9-15(18)20(13-28)27(21)5-2/h9-10,13-14,19-20,24H,4-8,11-12H2,1-3H3/t14-,19-,20?/m0/s1. The van der Waals surface area contributed by atoms with Crippen molar-refractivity contribution < 1.29 is 9.18 Å². The third-order valence-corrected chi connectivity index (χ3v) is 6.25. The van der Waals surface area contributed by atoms with E-state index in [-0.39, 0.29) is 11.9 Å². The predicted octanol–water partition coefficient (Wildman–Crippen LogP) is 3.90. The van der Waals surface area contributed by atoms with Gasteiger partial charge in [0.05, 0.1) is 16.2 Å². The van der Waals surface area contributed by atoms with Crippen LogP contribution in [0.3, 0.4) is 0 Å². The number of carbonyl (C=O) groups is 1. The number of hydrogen-bond donors (Lipinski definition) is 1. The van der Waals surface area contributed by atoms with Crippen LogP contribution in [-0.2, 0) is 4.79 Å². The summed E-state index contributed by atoms with van der Waals surface area (Å²) >= 11 is 3.25. The number of likely N-dealkylation sites (N-methyl/N-ethyl adjacent to an activating group) is 1. The van der Waals surface area contributed by atoms with Crippen LogP contribution in [0.5, 0.6) is 0 Å². The van der Waals surface area contributed by atoms with Crippen LogP contribution in [0.25, 0.3) is 0 Å². The molecule has 28 heavy (non-hydrogen) atoms. The molecule has 7 heteroatoms. The van der Waals surface area contributed by atoms with Gasteiger partial charge < -0.3 is 15.0 Å². The van der Waals surface area contributed by atoms with Crippen molar-refractivity contribution in [1.82, 2.24) is 15.1 Å². The van der Waals surface area contributed by atoms with Crippen LogP contribution in [0.15, 0.2) is 21.6 Å². The quantitative estimate of drug-likeness (QED) is 0.664. The first kappa shape index (κ1) is 21.4. The van der Waals surface area contributed by atoms with Crippen LogP contribution in [0.4, 0.5) is 10.1 Å². The summed E-state index contributed by atoms with van der Waals surface area (Å²) in [5.74, 6) is 1.09. The molecule has 1 N–H and O–H groups in total. The molecule has 1 saturated heterocycles. The van der Waals surface area contributed by atoms with Crippen molar-refractivity contribution in [3.05, 3.63) is 28.0 Å². The second-order valence-electron chi connectivity index (χ2n) is 7.77. The van der Waals surface area contributed by atoms with Gasteiger partial charge in [-0.3, -0.25) is 4.90 Å². The topological polar surface area (TPSA) is 47.9 Å². The van der Waals surface area contributed by atoms with E-state index in [1.54, 1.807) is 6.07 Å². The van der Waals surface area contributed by atoms with Gasteiger partial charge in [-0.05, 0) is 47.8 Å². The molecule has 0 spiro atoms. The number of carbonyl (C=O) groups excluding carboxylic acids is 1. The normalized spacial score (nSPS) is 24.3. The molecule has 0 aromatic heterocycles. The Hall–Kier alpha value is -1.31. The van der Waals surface area contributed by atoms with Crippen molar-refractivity contribution >= 4 is 33.7 Å². The summed E-state index contributed by atoms with van der Waals surface area (Å²) in [4.78, 5) is 21.5. The molecular formula is C21H30BrFN4O. The molecular weight excluding hydrogens is 423 g/mol. The van der Waals surface area contributed by atoms with Gasteiger partial charge in [0.25, 0.3) is 0 Å². The van der Waals surface area contributed by atoms with Crippen molar-refractivity contribution in [1.29, 1.82) is 0 Å². The van der Waals surface area contributed by atoms with Crippen molar-refractivity contribution in [3.63, 3.8) is 0 Å². The van der Waals surface area contributed by atoms with E-state index in [1.165, 1.54) is 6.07 Å². The summed E-state index contributed by atoms with van der Waals surface area (Å²) in [6.07, 6.45) is 2.94. The lowest BCUT2D eigenvalue weighted by atomic mass is 9.97. The summed E-state index contributed by atoms with van der Waals surface area (Å²) in [6, 6.07) is 2.82. The maximum atomic E-state index is 14.2. The van der Waals surface area contributed by atoms with Gasteiger partial charge in [-0.15, -0.1) is 0 Å². The fraction of sp³-hybridized carbons (Fsp3) is 0.619. The summed E-state index contributed by atoms with van der Waals surface area (Å²) in [5.41, 5.74) is 1.33. The average Bonchev–Trinajstić information content (AvgIpc) is 2.90. The van der Waals surface area contributed by atoms with Gasteiger partial charge >= 0.3 is 0 Å². The van der Waals surface area contributed by atoms with Crippen LogP contribution in [-0.4, -0.2) is 60.7 Å². The summed E-state index contributed by atoms with van der Waals surface area (Å²) in [6.45, 7) is 11.0. The molecule has 0 saturated carbocycles. The maximum absolute atomic E-state index is 14.2. The van der Waals surface area contributed by atoms with Crippen LogP contribution in [0.1, 0.15) is 45.2 Å². The van der Waals surface area contributed by atoms with E-state index in [9.17, 15) is 9.18 Å². The highest BCUT2D eigenvalue weighted by atomic mass is 79.9. The van der Waals surface area contributed by atoms with Gasteiger partial charge in [-0.1, -0.05) is 20.3 Å². The SMILES string of the molecule is CCC[C@@H](C1=Nc2cc(F)c(Br)cc2C(C=O)N1CC)N1CCNC[C@H](C)C1. The molecule has 2 aliphatic heterocycles. The Labute approximate surface area is 175 Å². The minimum absolute atomic E-state index is 0.120. The Morgan fingerprint density at radius 2 is 2.21 bits per heavy atom. The number of rotatable bonds is 6. The highest BCUT2D eigenvalue weighted by Crippen LogP contribution is 2.38. The Kier molecular flexibility index (Phi) is 7.23. The summed E-state index contributed by atoms with van der Waals surface area (Å²) in [7, 11) is 0. The smallest absolute Gasteiger partial charge is 0.147 e. The molecule has 2 heterocycles. The second kappa shape index (κ2) is 9.46. The predicted molar refractivity (Wildman–Crippen MR) is 115 cm³/mol. The zero-order valence-corrected chi connectivity index (χ0v) is 18.5. The van der Waals surface area contributed by atoms with Crippen LogP contribution < -0.4 is 5.32 Å². The van der Waals surface area contributed by atoms with Gasteiger partial charge in [0.2, 0.25) is 0 Å². The molecule has 3 rings (SSSR count). The van der Waals surface area contributed by atoms with E-state index in [4.69, 9.17) is 4.99 Å². The monoisotopic (exact) mass is 452 g/mol. The van der Waals surface area contributed by atoms with Gasteiger partial charge in [0.1, 0.15) is 24.0 Å². The molecule has 1 unspecified atom stereocenters. The molecule has 2 aliphatic rings. The molecule has 1 fully saturated rings. The lowest BCUT2D eigenvalue weighted by Gasteiger charge is -2.42. The number of aldehydes is 1. The Morgan fingerprint density at radius 1 is 1.43 bits per heavy atom. The van der Waals surface area contributed by atoms with Crippen molar-refractivity contribution in [2.75, 3.05) is 32.7 Å². The van der Waals surface area contributed by atoms with Gasteiger partial charge in [0.15, 0.2) is 0 Å². The molecule has 0 amide bonds. The van der Waals surface area contributed by atoms with Gasteiger partial charge in [0, 0.05) is 37.8 Å². The van der Waals surface area contributed by atoms with Crippen molar-refractivity contribution in [3.8, 4) is 0 Å². The van der Waals surface area contributed by atoms with Crippen LogP contribution >= 0.6 is 15.9 Å². The highest BCUT2D eigenvalue weighted by molar-refractivity contribution is 9.10. The largest absolute Gasteiger partial charge is 0.345 e. The Bertz CT molecular complexity index is 741. The van der Waals surface area contributed by atoms with Crippen molar-refractivity contribution in [2.24, 2.45) is 10.9 Å². The molecule has 1 aromatic rings. The summed E-state index contributed by atoms with van der Waals surface area (Å²) in [5, 5.41) is 3.50. The minimum atomic E-state index is -0.439. The third-order valence-electron chi connectivity index (χ3n) is 5.64. The van der Waals surface area contributed by atoms with E-state index < -0.39 is 6.04 Å². The molecule has 3 atom stereocenters. The highest BCUT2D eigenvalue weighted by Gasteiger charge is 2.36. The number of halogens is 2. The first-order valence-corrected chi connectivity index (χ1v) is 11.0. The van der Waals surface area contributed by atoms with Gasteiger partial charge in [-0.25, -0.2) is 9.38 Å². The van der Waals surface area contributed by atoms with Crippen molar-refractivity contribution in [2.45, 2.75) is 45.7 Å². The molecule has 0 bridgehead atoms. The molecule has 0 radical (unpaired) electrons. The zero-order chi connectivity index (χ0) is 20.3. The summed E-state index contributed by atoms with van der Waals surface area (Å²) < 4.78 is 14.6. The number of nitrogens with one attached hydrogen (secondary N) is 1. The van der Waals surface area contributed by atoms with E-state index in [0.29, 0.717) is 22.6 Å². The molecule has 154 valence electrons. The van der Waals surface area contributed by atoms with E-state index in [0.717, 1.165) is 56.7 Å². The lowest BCUT2D eigenvalue weighted by Crippen LogP contribution is -2.52. The Morgan fingerprint density at radius 3 is 2.89 bits per heavy atom. The zero-order valence-electron chi connectivity index (χ0n) is 16.9. The number of fused-ring (bicyclic) bond motifs is 1.